The minimum atomic E-state index is 0.0475. The number of fused-ring (bicyclic) bond motifs is 1. The second-order valence-electron chi connectivity index (χ2n) is 4.81. The zero-order valence-corrected chi connectivity index (χ0v) is 12.9. The highest BCUT2D eigenvalue weighted by atomic mass is 32.1. The van der Waals surface area contributed by atoms with E-state index in [9.17, 15) is 0 Å². The molecular weight excluding hydrogens is 288 g/mol. The van der Waals surface area contributed by atoms with E-state index in [0.717, 1.165) is 10.5 Å². The number of nitrogens with zero attached hydrogens (tertiary/aromatic N) is 4. The molecule has 8 heteroatoms. The van der Waals surface area contributed by atoms with Gasteiger partial charge in [-0.3, -0.25) is 0 Å². The van der Waals surface area contributed by atoms with Crippen molar-refractivity contribution in [3.05, 3.63) is 22.4 Å². The van der Waals surface area contributed by atoms with Crippen molar-refractivity contribution >= 4 is 28.3 Å². The summed E-state index contributed by atoms with van der Waals surface area (Å²) in [4.78, 5) is 20.4. The largest absolute Gasteiger partial charge is 0.462 e. The lowest BCUT2D eigenvalue weighted by Crippen LogP contribution is -2.06. The maximum atomic E-state index is 5.57. The molecule has 2 N–H and O–H groups in total. The summed E-state index contributed by atoms with van der Waals surface area (Å²) in [6, 6.07) is 0.456. The SMILES string of the molecule is Cc1nc(NCc2nccs2)c2[nH]c(OC(C)C)nc2n1. The number of hydrogen-bond donors (Lipinski definition) is 2. The smallest absolute Gasteiger partial charge is 0.296 e. The second-order valence-corrected chi connectivity index (χ2v) is 5.79. The highest BCUT2D eigenvalue weighted by Crippen LogP contribution is 2.22. The number of thiazole rings is 1. The van der Waals surface area contributed by atoms with E-state index >= 15 is 0 Å². The highest BCUT2D eigenvalue weighted by Gasteiger charge is 2.13. The molecule has 3 rings (SSSR count). The van der Waals surface area contributed by atoms with E-state index in [1.54, 1.807) is 17.5 Å². The van der Waals surface area contributed by atoms with Crippen LogP contribution in [-0.4, -0.2) is 31.0 Å². The van der Waals surface area contributed by atoms with Gasteiger partial charge in [0, 0.05) is 11.6 Å². The predicted octanol–water partition coefficient (Wildman–Crippen LogP) is 2.52. The molecule has 0 atom stereocenters. The first kappa shape index (κ1) is 13.7. The van der Waals surface area contributed by atoms with Gasteiger partial charge in [-0.25, -0.2) is 15.0 Å². The standard InChI is InChI=1S/C13H16N6OS/c1-7(2)20-13-18-10-11(15-6-9-14-4-5-21-9)16-8(3)17-12(10)19-13/h4-5,7H,6H2,1-3H3,(H2,15,16,17,18,19). The molecule has 21 heavy (non-hydrogen) atoms. The summed E-state index contributed by atoms with van der Waals surface area (Å²) in [6.07, 6.45) is 1.83. The average molecular weight is 304 g/mol. The fraction of sp³-hybridized carbons (Fsp3) is 0.385. The lowest BCUT2D eigenvalue weighted by Gasteiger charge is -2.05. The van der Waals surface area contributed by atoms with E-state index in [-0.39, 0.29) is 6.10 Å². The van der Waals surface area contributed by atoms with Gasteiger partial charge in [0.1, 0.15) is 16.3 Å². The molecule has 3 aromatic heterocycles. The second kappa shape index (κ2) is 5.65. The first-order valence-electron chi connectivity index (χ1n) is 6.65. The molecule has 7 nitrogen and oxygen atoms in total. The molecule has 0 amide bonds. The van der Waals surface area contributed by atoms with Crippen LogP contribution in [-0.2, 0) is 6.54 Å². The molecule has 0 aliphatic heterocycles. The highest BCUT2D eigenvalue weighted by molar-refractivity contribution is 7.09. The maximum absolute atomic E-state index is 5.57. The third-order valence-electron chi connectivity index (χ3n) is 2.68. The number of aryl methyl sites for hydroxylation is 1. The summed E-state index contributed by atoms with van der Waals surface area (Å²) in [5.74, 6) is 1.37. The van der Waals surface area contributed by atoms with Crippen LogP contribution in [0.3, 0.4) is 0 Å². The Labute approximate surface area is 125 Å². The van der Waals surface area contributed by atoms with Gasteiger partial charge in [-0.2, -0.15) is 4.98 Å². The van der Waals surface area contributed by atoms with Crippen molar-refractivity contribution in [1.29, 1.82) is 0 Å². The Morgan fingerprint density at radius 1 is 1.33 bits per heavy atom. The van der Waals surface area contributed by atoms with Crippen LogP contribution < -0.4 is 10.1 Å². The van der Waals surface area contributed by atoms with E-state index in [4.69, 9.17) is 4.74 Å². The number of ether oxygens (including phenoxy) is 1. The number of H-pyrrole nitrogens is 1. The number of rotatable bonds is 5. The first-order valence-corrected chi connectivity index (χ1v) is 7.53. The summed E-state index contributed by atoms with van der Waals surface area (Å²) in [5, 5.41) is 6.21. The van der Waals surface area contributed by atoms with E-state index < -0.39 is 0 Å². The van der Waals surface area contributed by atoms with Crippen molar-refractivity contribution in [3.63, 3.8) is 0 Å². The molecule has 0 saturated heterocycles. The molecule has 0 saturated carbocycles. The van der Waals surface area contributed by atoms with Crippen molar-refractivity contribution in [3.8, 4) is 6.01 Å². The number of aromatic nitrogens is 5. The summed E-state index contributed by atoms with van der Waals surface area (Å²) < 4.78 is 5.57. The van der Waals surface area contributed by atoms with Crippen LogP contribution in [0.1, 0.15) is 24.7 Å². The zero-order chi connectivity index (χ0) is 14.8. The summed E-state index contributed by atoms with van der Waals surface area (Å²) >= 11 is 1.60. The molecule has 0 spiro atoms. The Bertz CT molecular complexity index is 737. The average Bonchev–Trinajstić information content (AvgIpc) is 3.03. The van der Waals surface area contributed by atoms with Gasteiger partial charge in [0.15, 0.2) is 11.5 Å². The molecule has 3 heterocycles. The van der Waals surface area contributed by atoms with Gasteiger partial charge < -0.3 is 15.0 Å². The number of imidazole rings is 1. The first-order chi connectivity index (χ1) is 10.1. The molecule has 0 aliphatic rings. The number of aromatic amines is 1. The van der Waals surface area contributed by atoms with E-state index in [1.807, 2.05) is 26.2 Å². The van der Waals surface area contributed by atoms with Gasteiger partial charge in [0.05, 0.1) is 12.6 Å². The third-order valence-corrected chi connectivity index (χ3v) is 3.46. The third kappa shape index (κ3) is 3.10. The monoisotopic (exact) mass is 304 g/mol. The molecule has 0 bridgehead atoms. The van der Waals surface area contributed by atoms with Crippen molar-refractivity contribution in [2.75, 3.05) is 5.32 Å². The van der Waals surface area contributed by atoms with Gasteiger partial charge in [0.25, 0.3) is 6.01 Å². The Morgan fingerprint density at radius 3 is 2.90 bits per heavy atom. The summed E-state index contributed by atoms with van der Waals surface area (Å²) in [7, 11) is 0. The van der Waals surface area contributed by atoms with E-state index in [0.29, 0.717) is 29.8 Å². The number of nitrogens with one attached hydrogen (secondary N) is 2. The van der Waals surface area contributed by atoms with Crippen molar-refractivity contribution < 1.29 is 4.74 Å². The van der Waals surface area contributed by atoms with Crippen LogP contribution in [0.15, 0.2) is 11.6 Å². The molecule has 0 fully saturated rings. The maximum Gasteiger partial charge on any atom is 0.296 e. The minimum Gasteiger partial charge on any atom is -0.462 e. The Hall–Kier alpha value is -2.22. The number of anilines is 1. The molecule has 0 aromatic carbocycles. The van der Waals surface area contributed by atoms with Gasteiger partial charge >= 0.3 is 0 Å². The van der Waals surface area contributed by atoms with E-state index in [1.165, 1.54) is 0 Å². The molecule has 0 radical (unpaired) electrons. The minimum absolute atomic E-state index is 0.0475. The lowest BCUT2D eigenvalue weighted by atomic mass is 10.4. The van der Waals surface area contributed by atoms with Crippen molar-refractivity contribution in [2.24, 2.45) is 0 Å². The van der Waals surface area contributed by atoms with Gasteiger partial charge in [-0.15, -0.1) is 11.3 Å². The van der Waals surface area contributed by atoms with Crippen LogP contribution in [0.2, 0.25) is 0 Å². The quantitative estimate of drug-likeness (QED) is 0.753. The molecule has 3 aromatic rings. The van der Waals surface area contributed by atoms with Gasteiger partial charge in [-0.05, 0) is 20.8 Å². The lowest BCUT2D eigenvalue weighted by molar-refractivity contribution is 0.225. The molecule has 0 aliphatic carbocycles. The predicted molar refractivity (Wildman–Crippen MR) is 81.6 cm³/mol. The summed E-state index contributed by atoms with van der Waals surface area (Å²) in [5.41, 5.74) is 1.34. The molecule has 0 unspecified atom stereocenters. The van der Waals surface area contributed by atoms with Crippen LogP contribution in [0.25, 0.3) is 11.2 Å². The molecular formula is C13H16N6OS. The number of hydrogen-bond acceptors (Lipinski definition) is 7. The summed E-state index contributed by atoms with van der Waals surface area (Å²) in [6.45, 7) is 6.35. The Balaban J connectivity index is 1.90. The fourth-order valence-corrected chi connectivity index (χ4v) is 2.45. The Kier molecular flexibility index (Phi) is 3.70. The van der Waals surface area contributed by atoms with Gasteiger partial charge in [0.2, 0.25) is 0 Å². The molecule has 110 valence electrons. The van der Waals surface area contributed by atoms with Crippen molar-refractivity contribution in [2.45, 2.75) is 33.4 Å². The van der Waals surface area contributed by atoms with Crippen LogP contribution in [0.4, 0.5) is 5.82 Å². The normalized spacial score (nSPS) is 11.2. The van der Waals surface area contributed by atoms with Crippen LogP contribution in [0.5, 0.6) is 6.01 Å². The van der Waals surface area contributed by atoms with E-state index in [2.05, 4.69) is 30.2 Å². The van der Waals surface area contributed by atoms with Crippen LogP contribution in [0, 0.1) is 6.92 Å². The van der Waals surface area contributed by atoms with Gasteiger partial charge in [-0.1, -0.05) is 0 Å². The zero-order valence-electron chi connectivity index (χ0n) is 12.0. The van der Waals surface area contributed by atoms with Crippen LogP contribution >= 0.6 is 11.3 Å². The topological polar surface area (TPSA) is 88.6 Å². The fourth-order valence-electron chi connectivity index (χ4n) is 1.89. The Morgan fingerprint density at radius 2 is 2.19 bits per heavy atom. The van der Waals surface area contributed by atoms with Crippen molar-refractivity contribution in [1.82, 2.24) is 24.9 Å².